The summed E-state index contributed by atoms with van der Waals surface area (Å²) in [5, 5.41) is 7.44. The average molecular weight is 307 g/mol. The summed E-state index contributed by atoms with van der Waals surface area (Å²) in [6, 6.07) is 7.28. The Bertz CT molecular complexity index is 635. The van der Waals surface area contributed by atoms with Gasteiger partial charge in [-0.15, -0.1) is 0 Å². The van der Waals surface area contributed by atoms with E-state index < -0.39 is 0 Å². The highest BCUT2D eigenvalue weighted by Crippen LogP contribution is 2.30. The summed E-state index contributed by atoms with van der Waals surface area (Å²) in [6.07, 6.45) is 0.928. The minimum Gasteiger partial charge on any atom is -0.360 e. The fourth-order valence-corrected chi connectivity index (χ4v) is 2.26. The third-order valence-corrected chi connectivity index (χ3v) is 3.56. The van der Waals surface area contributed by atoms with Crippen LogP contribution in [0.25, 0.3) is 11.3 Å². The van der Waals surface area contributed by atoms with Crippen LogP contribution in [-0.4, -0.2) is 17.6 Å². The van der Waals surface area contributed by atoms with Crippen molar-refractivity contribution in [1.82, 2.24) is 10.5 Å². The number of nitrogens with zero attached hydrogens (tertiary/aromatic N) is 1. The summed E-state index contributed by atoms with van der Waals surface area (Å²) in [7, 11) is 0. The molecule has 0 atom stereocenters. The van der Waals surface area contributed by atoms with Crippen LogP contribution in [0.2, 0.25) is 5.02 Å². The van der Waals surface area contributed by atoms with Crippen molar-refractivity contribution in [2.45, 2.75) is 27.2 Å². The second-order valence-corrected chi connectivity index (χ2v) is 5.79. The lowest BCUT2D eigenvalue weighted by molar-refractivity contribution is 0.0951. The molecular formula is C16H19ClN2O2. The second-order valence-electron chi connectivity index (χ2n) is 5.38. The number of amides is 1. The number of hydrogen-bond acceptors (Lipinski definition) is 3. The van der Waals surface area contributed by atoms with Gasteiger partial charge in [-0.2, -0.15) is 0 Å². The highest BCUT2D eigenvalue weighted by molar-refractivity contribution is 6.33. The summed E-state index contributed by atoms with van der Waals surface area (Å²) in [4.78, 5) is 12.4. The maximum atomic E-state index is 12.4. The number of rotatable bonds is 5. The molecule has 112 valence electrons. The van der Waals surface area contributed by atoms with Crippen LogP contribution in [0.3, 0.4) is 0 Å². The number of halogens is 1. The summed E-state index contributed by atoms with van der Waals surface area (Å²) in [5.41, 5.74) is 1.64. The number of aryl methyl sites for hydroxylation is 1. The highest BCUT2D eigenvalue weighted by Gasteiger charge is 2.22. The van der Waals surface area contributed by atoms with Crippen LogP contribution in [0.1, 0.15) is 36.4 Å². The van der Waals surface area contributed by atoms with Crippen molar-refractivity contribution >= 4 is 17.5 Å². The van der Waals surface area contributed by atoms with Gasteiger partial charge in [-0.05, 0) is 25.3 Å². The van der Waals surface area contributed by atoms with Gasteiger partial charge in [0.2, 0.25) is 0 Å². The molecule has 0 spiro atoms. The zero-order chi connectivity index (χ0) is 15.4. The molecule has 0 unspecified atom stereocenters. The van der Waals surface area contributed by atoms with E-state index in [9.17, 15) is 4.79 Å². The smallest absolute Gasteiger partial charge is 0.257 e. The maximum absolute atomic E-state index is 12.4. The average Bonchev–Trinajstić information content (AvgIpc) is 2.80. The molecular weight excluding hydrogens is 288 g/mol. The van der Waals surface area contributed by atoms with E-state index in [-0.39, 0.29) is 5.91 Å². The molecule has 1 aromatic heterocycles. The van der Waals surface area contributed by atoms with Crippen molar-refractivity contribution in [3.05, 3.63) is 40.6 Å². The topological polar surface area (TPSA) is 55.1 Å². The normalized spacial score (nSPS) is 10.9. The predicted octanol–water partition coefficient (Wildman–Crippen LogP) is 4.08. The molecule has 0 aliphatic rings. The van der Waals surface area contributed by atoms with Gasteiger partial charge >= 0.3 is 0 Å². The molecule has 0 saturated heterocycles. The van der Waals surface area contributed by atoms with Crippen LogP contribution in [0.5, 0.6) is 0 Å². The van der Waals surface area contributed by atoms with E-state index >= 15 is 0 Å². The molecule has 0 saturated carbocycles. The number of aromatic nitrogens is 1. The summed E-state index contributed by atoms with van der Waals surface area (Å²) >= 11 is 6.18. The Hall–Kier alpha value is -1.81. The minimum absolute atomic E-state index is 0.177. The standard InChI is InChI=1S/C16H19ClN2O2/c1-10(2)8-9-18-16(20)14-11(3)21-19-15(14)12-6-4-5-7-13(12)17/h4-7,10H,8-9H2,1-3H3,(H,18,20). The number of carbonyl (C=O) groups is 1. The zero-order valence-electron chi connectivity index (χ0n) is 12.4. The van der Waals surface area contributed by atoms with Crippen molar-refractivity contribution in [2.75, 3.05) is 6.54 Å². The Morgan fingerprint density at radius 2 is 2.10 bits per heavy atom. The molecule has 4 nitrogen and oxygen atoms in total. The molecule has 0 aliphatic carbocycles. The molecule has 2 aromatic rings. The lowest BCUT2D eigenvalue weighted by Gasteiger charge is -2.08. The molecule has 0 bridgehead atoms. The van der Waals surface area contributed by atoms with Crippen LogP contribution < -0.4 is 5.32 Å². The van der Waals surface area contributed by atoms with E-state index in [0.717, 1.165) is 6.42 Å². The number of carbonyl (C=O) groups excluding carboxylic acids is 1. The lowest BCUT2D eigenvalue weighted by Crippen LogP contribution is -2.26. The molecule has 1 aromatic carbocycles. The van der Waals surface area contributed by atoms with E-state index in [0.29, 0.717) is 40.1 Å². The second kappa shape index (κ2) is 6.76. The van der Waals surface area contributed by atoms with Gasteiger partial charge in [0.25, 0.3) is 5.91 Å². The van der Waals surface area contributed by atoms with Gasteiger partial charge < -0.3 is 9.84 Å². The van der Waals surface area contributed by atoms with Crippen molar-refractivity contribution in [1.29, 1.82) is 0 Å². The van der Waals surface area contributed by atoms with Gasteiger partial charge in [0.05, 0.1) is 5.02 Å². The van der Waals surface area contributed by atoms with Crippen LogP contribution in [0.4, 0.5) is 0 Å². The third kappa shape index (κ3) is 3.64. The van der Waals surface area contributed by atoms with Crippen LogP contribution in [0, 0.1) is 12.8 Å². The van der Waals surface area contributed by atoms with Crippen LogP contribution in [-0.2, 0) is 0 Å². The SMILES string of the molecule is Cc1onc(-c2ccccc2Cl)c1C(=O)NCCC(C)C. The first-order valence-electron chi connectivity index (χ1n) is 7.00. The molecule has 21 heavy (non-hydrogen) atoms. The van der Waals surface area contributed by atoms with Gasteiger partial charge in [0.15, 0.2) is 0 Å². The van der Waals surface area contributed by atoms with Gasteiger partial charge in [-0.25, -0.2) is 0 Å². The molecule has 0 fully saturated rings. The van der Waals surface area contributed by atoms with Crippen LogP contribution in [0.15, 0.2) is 28.8 Å². The summed E-state index contributed by atoms with van der Waals surface area (Å²) in [5.74, 6) is 0.855. The molecule has 0 aliphatic heterocycles. The maximum Gasteiger partial charge on any atom is 0.257 e. The Morgan fingerprint density at radius 3 is 2.76 bits per heavy atom. The van der Waals surface area contributed by atoms with E-state index in [1.807, 2.05) is 18.2 Å². The highest BCUT2D eigenvalue weighted by atomic mass is 35.5. The molecule has 0 radical (unpaired) electrons. The molecule has 1 amide bonds. The molecule has 5 heteroatoms. The van der Waals surface area contributed by atoms with Gasteiger partial charge in [-0.1, -0.05) is 48.8 Å². The number of nitrogens with one attached hydrogen (secondary N) is 1. The Balaban J connectivity index is 2.26. The first-order valence-corrected chi connectivity index (χ1v) is 7.38. The third-order valence-electron chi connectivity index (χ3n) is 3.23. The summed E-state index contributed by atoms with van der Waals surface area (Å²) in [6.45, 7) is 6.59. The van der Waals surface area contributed by atoms with Gasteiger partial charge in [0, 0.05) is 12.1 Å². The Labute approximate surface area is 129 Å². The summed E-state index contributed by atoms with van der Waals surface area (Å²) < 4.78 is 5.18. The van der Waals surface area contributed by atoms with Gasteiger partial charge in [0.1, 0.15) is 17.0 Å². The minimum atomic E-state index is -0.177. The van der Waals surface area contributed by atoms with Crippen LogP contribution >= 0.6 is 11.6 Å². The van der Waals surface area contributed by atoms with Crippen molar-refractivity contribution < 1.29 is 9.32 Å². The monoisotopic (exact) mass is 306 g/mol. The van der Waals surface area contributed by atoms with Gasteiger partial charge in [-0.3, -0.25) is 4.79 Å². The Morgan fingerprint density at radius 1 is 1.38 bits per heavy atom. The van der Waals surface area contributed by atoms with Crippen molar-refractivity contribution in [3.63, 3.8) is 0 Å². The fourth-order valence-electron chi connectivity index (χ4n) is 2.04. The van der Waals surface area contributed by atoms with E-state index in [4.69, 9.17) is 16.1 Å². The lowest BCUT2D eigenvalue weighted by atomic mass is 10.1. The van der Waals surface area contributed by atoms with Crippen molar-refractivity contribution in [2.24, 2.45) is 5.92 Å². The van der Waals surface area contributed by atoms with E-state index in [1.165, 1.54) is 0 Å². The first kappa shape index (κ1) is 15.6. The largest absolute Gasteiger partial charge is 0.360 e. The molecule has 1 N–H and O–H groups in total. The Kier molecular flexibility index (Phi) is 5.02. The predicted molar refractivity (Wildman–Crippen MR) is 83.5 cm³/mol. The van der Waals surface area contributed by atoms with Crippen molar-refractivity contribution in [3.8, 4) is 11.3 Å². The fraction of sp³-hybridized carbons (Fsp3) is 0.375. The first-order chi connectivity index (χ1) is 10.0. The number of hydrogen-bond donors (Lipinski definition) is 1. The quantitative estimate of drug-likeness (QED) is 0.905. The van der Waals surface area contributed by atoms with E-state index in [1.54, 1.807) is 13.0 Å². The van der Waals surface area contributed by atoms with E-state index in [2.05, 4.69) is 24.3 Å². The zero-order valence-corrected chi connectivity index (χ0v) is 13.2. The molecule has 2 rings (SSSR count). The molecule has 1 heterocycles. The number of benzene rings is 1.